The molecule has 2 N–H and O–H groups in total. The lowest BCUT2D eigenvalue weighted by Crippen LogP contribution is -2.01. The molecule has 90 valence electrons. The molecular weight excluding hydrogens is 292 g/mol. The van der Waals surface area contributed by atoms with Gasteiger partial charge in [-0.15, -0.1) is 0 Å². The van der Waals surface area contributed by atoms with Crippen LogP contribution in [-0.2, 0) is 0 Å². The molecule has 0 aliphatic rings. The third kappa shape index (κ3) is 1.59. The van der Waals surface area contributed by atoms with E-state index in [2.05, 4.69) is 25.9 Å². The average molecular weight is 303 g/mol. The molecule has 5 heteroatoms. The summed E-state index contributed by atoms with van der Waals surface area (Å²) in [5.41, 5.74) is 9.47. The number of aromatic nitrogens is 3. The van der Waals surface area contributed by atoms with Gasteiger partial charge in [-0.25, -0.2) is 9.97 Å². The fourth-order valence-corrected chi connectivity index (χ4v) is 2.40. The van der Waals surface area contributed by atoms with E-state index in [1.807, 2.05) is 35.8 Å². The van der Waals surface area contributed by atoms with Gasteiger partial charge in [0.2, 0.25) is 0 Å². The minimum Gasteiger partial charge on any atom is -0.397 e. The van der Waals surface area contributed by atoms with Gasteiger partial charge in [-0.1, -0.05) is 12.1 Å². The van der Waals surface area contributed by atoms with E-state index < -0.39 is 0 Å². The van der Waals surface area contributed by atoms with Crippen molar-refractivity contribution >= 4 is 32.7 Å². The van der Waals surface area contributed by atoms with E-state index in [9.17, 15) is 0 Å². The molecule has 0 bridgehead atoms. The monoisotopic (exact) mass is 302 g/mol. The number of rotatable bonds is 1. The number of nitrogens with zero attached hydrogens (tertiary/aromatic N) is 3. The van der Waals surface area contributed by atoms with Gasteiger partial charge in [-0.05, 0) is 40.5 Å². The Morgan fingerprint density at radius 3 is 2.83 bits per heavy atom. The summed E-state index contributed by atoms with van der Waals surface area (Å²) < 4.78 is 2.84. The Balaban J connectivity index is 2.30. The van der Waals surface area contributed by atoms with E-state index in [1.165, 1.54) is 0 Å². The zero-order valence-corrected chi connectivity index (χ0v) is 11.3. The highest BCUT2D eigenvalue weighted by atomic mass is 79.9. The molecule has 0 spiro atoms. The number of nitrogen functional groups attached to an aromatic ring is 1. The van der Waals surface area contributed by atoms with Crippen LogP contribution in [0.25, 0.3) is 16.9 Å². The maximum atomic E-state index is 5.84. The number of fused-ring (bicyclic) bond motifs is 1. The molecule has 1 aromatic carbocycles. The maximum Gasteiger partial charge on any atom is 0.153 e. The van der Waals surface area contributed by atoms with Gasteiger partial charge in [0.25, 0.3) is 0 Å². The van der Waals surface area contributed by atoms with Crippen molar-refractivity contribution in [2.75, 3.05) is 5.73 Å². The SMILES string of the molecule is Cc1c(N)cnc(-n2cnc3ccccc32)c1Br. The summed E-state index contributed by atoms with van der Waals surface area (Å²) in [5, 5.41) is 0. The first-order valence-corrected chi connectivity index (χ1v) is 6.31. The fraction of sp³-hybridized carbons (Fsp3) is 0.0769. The van der Waals surface area contributed by atoms with Crippen LogP contribution in [0.1, 0.15) is 5.56 Å². The molecule has 0 aliphatic carbocycles. The van der Waals surface area contributed by atoms with E-state index in [0.29, 0.717) is 5.69 Å². The van der Waals surface area contributed by atoms with Crippen LogP contribution in [0.4, 0.5) is 5.69 Å². The molecule has 0 unspecified atom stereocenters. The van der Waals surface area contributed by atoms with Gasteiger partial charge < -0.3 is 5.73 Å². The summed E-state index contributed by atoms with van der Waals surface area (Å²) in [5.74, 6) is 0.801. The van der Waals surface area contributed by atoms with Crippen molar-refractivity contribution in [1.82, 2.24) is 14.5 Å². The van der Waals surface area contributed by atoms with Crippen molar-refractivity contribution < 1.29 is 0 Å². The van der Waals surface area contributed by atoms with Crippen molar-refractivity contribution in [3.8, 4) is 5.82 Å². The predicted molar refractivity (Wildman–Crippen MR) is 75.7 cm³/mol. The lowest BCUT2D eigenvalue weighted by atomic mass is 10.2. The number of benzene rings is 1. The number of pyridine rings is 1. The average Bonchev–Trinajstić information content (AvgIpc) is 2.80. The first-order chi connectivity index (χ1) is 8.68. The van der Waals surface area contributed by atoms with Crippen LogP contribution < -0.4 is 5.73 Å². The Bertz CT molecular complexity index is 733. The fourth-order valence-electron chi connectivity index (χ4n) is 1.87. The number of halogens is 1. The van der Waals surface area contributed by atoms with Crippen molar-refractivity contribution in [2.24, 2.45) is 0 Å². The van der Waals surface area contributed by atoms with E-state index >= 15 is 0 Å². The van der Waals surface area contributed by atoms with Crippen LogP contribution in [0.15, 0.2) is 41.3 Å². The summed E-state index contributed by atoms with van der Waals surface area (Å²) in [7, 11) is 0. The topological polar surface area (TPSA) is 56.7 Å². The van der Waals surface area contributed by atoms with Gasteiger partial charge in [0.15, 0.2) is 5.82 Å². The molecule has 3 aromatic rings. The minimum atomic E-state index is 0.676. The third-order valence-electron chi connectivity index (χ3n) is 2.97. The lowest BCUT2D eigenvalue weighted by Gasteiger charge is -2.09. The Hall–Kier alpha value is -1.88. The first kappa shape index (κ1) is 11.2. The molecule has 0 saturated carbocycles. The second-order valence-electron chi connectivity index (χ2n) is 4.08. The van der Waals surface area contributed by atoms with E-state index in [-0.39, 0.29) is 0 Å². The second-order valence-corrected chi connectivity index (χ2v) is 4.87. The quantitative estimate of drug-likeness (QED) is 0.751. The van der Waals surface area contributed by atoms with Gasteiger partial charge in [-0.2, -0.15) is 0 Å². The highest BCUT2D eigenvalue weighted by molar-refractivity contribution is 9.10. The molecule has 0 amide bonds. The third-order valence-corrected chi connectivity index (χ3v) is 3.92. The zero-order chi connectivity index (χ0) is 12.7. The highest BCUT2D eigenvalue weighted by Crippen LogP contribution is 2.28. The molecule has 18 heavy (non-hydrogen) atoms. The van der Waals surface area contributed by atoms with Gasteiger partial charge in [-0.3, -0.25) is 4.57 Å². The Morgan fingerprint density at radius 1 is 1.22 bits per heavy atom. The number of hydrogen-bond acceptors (Lipinski definition) is 3. The molecule has 0 atom stereocenters. The van der Waals surface area contributed by atoms with Crippen LogP contribution in [-0.4, -0.2) is 14.5 Å². The van der Waals surface area contributed by atoms with Crippen molar-refractivity contribution in [1.29, 1.82) is 0 Å². The molecular formula is C13H11BrN4. The number of hydrogen-bond donors (Lipinski definition) is 1. The van der Waals surface area contributed by atoms with Crippen LogP contribution in [0.5, 0.6) is 0 Å². The summed E-state index contributed by atoms with van der Waals surface area (Å²) >= 11 is 3.55. The Labute approximate surface area is 113 Å². The minimum absolute atomic E-state index is 0.676. The van der Waals surface area contributed by atoms with Crippen LogP contribution in [0.2, 0.25) is 0 Å². The van der Waals surface area contributed by atoms with E-state index in [0.717, 1.165) is 26.9 Å². The van der Waals surface area contributed by atoms with Gasteiger partial charge in [0.1, 0.15) is 6.33 Å². The highest BCUT2D eigenvalue weighted by Gasteiger charge is 2.11. The number of para-hydroxylation sites is 2. The number of imidazole rings is 1. The number of anilines is 1. The normalized spacial score (nSPS) is 11.0. The molecule has 3 rings (SSSR count). The summed E-state index contributed by atoms with van der Waals surface area (Å²) in [6.07, 6.45) is 3.44. The molecule has 2 heterocycles. The summed E-state index contributed by atoms with van der Waals surface area (Å²) in [4.78, 5) is 8.74. The predicted octanol–water partition coefficient (Wildman–Crippen LogP) is 3.07. The number of nitrogens with two attached hydrogens (primary N) is 1. The Kier molecular flexibility index (Phi) is 2.56. The first-order valence-electron chi connectivity index (χ1n) is 5.51. The maximum absolute atomic E-state index is 5.84. The van der Waals surface area contributed by atoms with Gasteiger partial charge >= 0.3 is 0 Å². The summed E-state index contributed by atoms with van der Waals surface area (Å²) in [6.45, 7) is 1.96. The molecule has 0 saturated heterocycles. The van der Waals surface area contributed by atoms with Crippen LogP contribution >= 0.6 is 15.9 Å². The summed E-state index contributed by atoms with van der Waals surface area (Å²) in [6, 6.07) is 7.95. The second kappa shape index (κ2) is 4.10. The van der Waals surface area contributed by atoms with Gasteiger partial charge in [0.05, 0.1) is 27.4 Å². The lowest BCUT2D eigenvalue weighted by molar-refractivity contribution is 1.01. The largest absolute Gasteiger partial charge is 0.397 e. The molecule has 4 nitrogen and oxygen atoms in total. The van der Waals surface area contributed by atoms with Crippen molar-refractivity contribution in [3.63, 3.8) is 0 Å². The smallest absolute Gasteiger partial charge is 0.153 e. The molecule has 2 aromatic heterocycles. The molecule has 0 fully saturated rings. The van der Waals surface area contributed by atoms with Crippen LogP contribution in [0, 0.1) is 6.92 Å². The van der Waals surface area contributed by atoms with E-state index in [1.54, 1.807) is 12.5 Å². The zero-order valence-electron chi connectivity index (χ0n) is 9.76. The molecule has 0 radical (unpaired) electrons. The van der Waals surface area contributed by atoms with Crippen molar-refractivity contribution in [2.45, 2.75) is 6.92 Å². The molecule has 0 aliphatic heterocycles. The van der Waals surface area contributed by atoms with Crippen LogP contribution in [0.3, 0.4) is 0 Å². The van der Waals surface area contributed by atoms with E-state index in [4.69, 9.17) is 5.73 Å². The van der Waals surface area contributed by atoms with Crippen molar-refractivity contribution in [3.05, 3.63) is 46.8 Å². The standard InChI is InChI=1S/C13H11BrN4/c1-8-9(15)6-16-13(12(8)14)18-7-17-10-4-2-3-5-11(10)18/h2-7H,15H2,1H3. The van der Waals surface area contributed by atoms with Gasteiger partial charge in [0, 0.05) is 0 Å². The Morgan fingerprint density at radius 2 is 2.00 bits per heavy atom.